The van der Waals surface area contributed by atoms with Crippen LogP contribution in [0.4, 0.5) is 14.5 Å². The van der Waals surface area contributed by atoms with Gasteiger partial charge in [0.2, 0.25) is 0 Å². The van der Waals surface area contributed by atoms with Gasteiger partial charge < -0.3 is 15.4 Å². The molecule has 6 aromatic rings. The molecule has 0 saturated carbocycles. The Kier molecular flexibility index (Phi) is 5.57. The van der Waals surface area contributed by atoms with E-state index >= 15 is 4.39 Å². The number of hydrogen-bond acceptors (Lipinski definition) is 6. The third kappa shape index (κ3) is 4.07. The van der Waals surface area contributed by atoms with Crippen LogP contribution in [0.2, 0.25) is 0 Å². The van der Waals surface area contributed by atoms with Crippen LogP contribution in [0.15, 0.2) is 67.1 Å². The average molecular weight is 498 g/mol. The first-order valence-electron chi connectivity index (χ1n) is 11.7. The number of nitrogens with zero attached hydrogens (tertiary/aromatic N) is 4. The van der Waals surface area contributed by atoms with E-state index in [0.717, 1.165) is 0 Å². The van der Waals surface area contributed by atoms with Crippen LogP contribution in [-0.4, -0.2) is 41.5 Å². The molecule has 10 heteroatoms. The zero-order valence-electron chi connectivity index (χ0n) is 19.6. The predicted octanol–water partition coefficient (Wildman–Crippen LogP) is 5.65. The largest absolute Gasteiger partial charge is 0.374 e. The van der Waals surface area contributed by atoms with E-state index in [0.29, 0.717) is 62.6 Å². The minimum absolute atomic E-state index is 0.267. The van der Waals surface area contributed by atoms with Gasteiger partial charge in [-0.25, -0.2) is 13.8 Å². The van der Waals surface area contributed by atoms with Gasteiger partial charge in [-0.1, -0.05) is 19.1 Å². The van der Waals surface area contributed by atoms with Crippen LogP contribution in [-0.2, 0) is 0 Å². The van der Waals surface area contributed by atoms with Gasteiger partial charge in [-0.15, -0.1) is 0 Å². The van der Waals surface area contributed by atoms with Crippen molar-refractivity contribution in [2.24, 2.45) is 0 Å². The Hall–Kier alpha value is -4.70. The predicted molar refractivity (Wildman–Crippen MR) is 137 cm³/mol. The first-order chi connectivity index (χ1) is 18.0. The summed E-state index contributed by atoms with van der Waals surface area (Å²) in [5.41, 5.74) is 4.53. The van der Waals surface area contributed by atoms with Crippen LogP contribution in [0.1, 0.15) is 13.3 Å². The average Bonchev–Trinajstić information content (AvgIpc) is 3.53. The van der Waals surface area contributed by atoms with Crippen molar-refractivity contribution in [2.75, 3.05) is 5.32 Å². The third-order valence-corrected chi connectivity index (χ3v) is 6.16. The number of benzene rings is 2. The topological polar surface area (TPSA) is 115 Å². The number of anilines is 1. The standard InChI is InChI=1S/C27H21F2N7O/c1-2-21(37)32-17-11-15(12-30-13-17)18-6-7-19-22(23(18)29)26(36-35-19)27-33-20-8-9-31-24(25(20)34-27)14-4-3-5-16(28)10-14/h3-13,21,32,37H,2H2,1H3,(H,33,34)(H,35,36). The quantitative estimate of drug-likeness (QED) is 0.221. The molecule has 37 heavy (non-hydrogen) atoms. The minimum atomic E-state index is -0.732. The van der Waals surface area contributed by atoms with Crippen molar-refractivity contribution in [3.63, 3.8) is 0 Å². The van der Waals surface area contributed by atoms with Gasteiger partial charge in [-0.05, 0) is 42.8 Å². The number of aliphatic hydroxyl groups is 1. The Bertz CT molecular complexity index is 1760. The van der Waals surface area contributed by atoms with E-state index in [1.165, 1.54) is 12.1 Å². The van der Waals surface area contributed by atoms with Crippen molar-refractivity contribution in [3.05, 3.63) is 78.8 Å². The van der Waals surface area contributed by atoms with Crippen LogP contribution < -0.4 is 5.32 Å². The SMILES string of the molecule is CCC(O)Nc1cncc(-c2ccc3[nH]nc(-c4nc5c(-c6cccc(F)c6)nccc5[nH]4)c3c2F)c1. The van der Waals surface area contributed by atoms with Crippen LogP contribution in [0.5, 0.6) is 0 Å². The Balaban J connectivity index is 1.47. The molecular formula is C27H21F2N7O. The lowest BCUT2D eigenvalue weighted by Gasteiger charge is -2.13. The molecule has 1 atom stereocenters. The van der Waals surface area contributed by atoms with E-state index in [9.17, 15) is 9.50 Å². The number of pyridine rings is 2. The second kappa shape index (κ2) is 9.07. The maximum atomic E-state index is 16.0. The van der Waals surface area contributed by atoms with Crippen LogP contribution in [0.3, 0.4) is 0 Å². The Morgan fingerprint density at radius 1 is 1.00 bits per heavy atom. The maximum Gasteiger partial charge on any atom is 0.159 e. The van der Waals surface area contributed by atoms with Crippen molar-refractivity contribution in [2.45, 2.75) is 19.6 Å². The Labute approximate surface area is 209 Å². The summed E-state index contributed by atoms with van der Waals surface area (Å²) >= 11 is 0. The van der Waals surface area contributed by atoms with E-state index in [-0.39, 0.29) is 11.2 Å². The molecule has 0 aliphatic heterocycles. The number of halogens is 2. The summed E-state index contributed by atoms with van der Waals surface area (Å²) in [6.07, 6.45) is 4.52. The van der Waals surface area contributed by atoms with Gasteiger partial charge in [-0.2, -0.15) is 5.10 Å². The number of H-pyrrole nitrogens is 2. The van der Waals surface area contributed by atoms with Gasteiger partial charge in [0.05, 0.1) is 34.0 Å². The lowest BCUT2D eigenvalue weighted by molar-refractivity contribution is 0.199. The highest BCUT2D eigenvalue weighted by molar-refractivity contribution is 5.98. The lowest BCUT2D eigenvalue weighted by Crippen LogP contribution is -2.17. The Morgan fingerprint density at radius 2 is 1.89 bits per heavy atom. The first kappa shape index (κ1) is 22.7. The van der Waals surface area contributed by atoms with Gasteiger partial charge in [0.25, 0.3) is 0 Å². The molecule has 0 amide bonds. The molecule has 1 unspecified atom stereocenters. The number of fused-ring (bicyclic) bond motifs is 2. The molecule has 0 aliphatic carbocycles. The summed E-state index contributed by atoms with van der Waals surface area (Å²) in [6.45, 7) is 1.85. The monoisotopic (exact) mass is 497 g/mol. The van der Waals surface area contributed by atoms with Gasteiger partial charge in [0.15, 0.2) is 5.82 Å². The third-order valence-electron chi connectivity index (χ3n) is 6.16. The first-order valence-corrected chi connectivity index (χ1v) is 11.7. The second-order valence-electron chi connectivity index (χ2n) is 8.60. The van der Waals surface area contributed by atoms with Gasteiger partial charge in [0.1, 0.15) is 29.1 Å². The van der Waals surface area contributed by atoms with E-state index < -0.39 is 12.0 Å². The van der Waals surface area contributed by atoms with E-state index in [2.05, 4.69) is 35.5 Å². The normalized spacial score (nSPS) is 12.3. The molecule has 8 nitrogen and oxygen atoms in total. The molecule has 0 fully saturated rings. The van der Waals surface area contributed by atoms with Crippen molar-refractivity contribution < 1.29 is 13.9 Å². The van der Waals surface area contributed by atoms with Crippen molar-refractivity contribution >= 4 is 27.6 Å². The van der Waals surface area contributed by atoms with E-state index in [1.807, 2.05) is 6.92 Å². The molecule has 4 aromatic heterocycles. The number of imidazole rings is 1. The smallest absolute Gasteiger partial charge is 0.159 e. The van der Waals surface area contributed by atoms with Gasteiger partial charge >= 0.3 is 0 Å². The minimum Gasteiger partial charge on any atom is -0.374 e. The van der Waals surface area contributed by atoms with Gasteiger partial charge in [-0.3, -0.25) is 15.1 Å². The fraction of sp³-hybridized carbons (Fsp3) is 0.111. The van der Waals surface area contributed by atoms with Crippen molar-refractivity contribution in [1.29, 1.82) is 0 Å². The number of hydrogen-bond donors (Lipinski definition) is 4. The molecule has 4 heterocycles. The molecule has 6 rings (SSSR count). The molecule has 0 aliphatic rings. The molecule has 0 bridgehead atoms. The summed E-state index contributed by atoms with van der Waals surface area (Å²) in [7, 11) is 0. The number of nitrogens with one attached hydrogen (secondary N) is 3. The second-order valence-corrected chi connectivity index (χ2v) is 8.60. The summed E-state index contributed by atoms with van der Waals surface area (Å²) in [5, 5.41) is 20.3. The number of rotatable bonds is 6. The van der Waals surface area contributed by atoms with Crippen molar-refractivity contribution in [1.82, 2.24) is 30.1 Å². The molecule has 4 N–H and O–H groups in total. The molecule has 0 saturated heterocycles. The molecular weight excluding hydrogens is 476 g/mol. The van der Waals surface area contributed by atoms with Crippen molar-refractivity contribution in [3.8, 4) is 33.9 Å². The number of aliphatic hydroxyl groups excluding tert-OH is 1. The fourth-order valence-corrected chi connectivity index (χ4v) is 4.32. The van der Waals surface area contributed by atoms with Crippen LogP contribution >= 0.6 is 0 Å². The summed E-state index contributed by atoms with van der Waals surface area (Å²) in [4.78, 5) is 16.5. The van der Waals surface area contributed by atoms with E-state index in [4.69, 9.17) is 0 Å². The zero-order valence-corrected chi connectivity index (χ0v) is 19.6. The van der Waals surface area contributed by atoms with Crippen LogP contribution in [0.25, 0.3) is 55.8 Å². The van der Waals surface area contributed by atoms with E-state index in [1.54, 1.807) is 55.0 Å². The summed E-state index contributed by atoms with van der Waals surface area (Å²) < 4.78 is 29.8. The number of aromatic nitrogens is 6. The highest BCUT2D eigenvalue weighted by Crippen LogP contribution is 2.35. The summed E-state index contributed by atoms with van der Waals surface area (Å²) in [6, 6.07) is 13.0. The molecule has 184 valence electrons. The molecule has 0 spiro atoms. The maximum absolute atomic E-state index is 16.0. The highest BCUT2D eigenvalue weighted by atomic mass is 19.1. The fourth-order valence-electron chi connectivity index (χ4n) is 4.32. The molecule has 0 radical (unpaired) electrons. The zero-order chi connectivity index (χ0) is 25.5. The number of aromatic amines is 2. The lowest BCUT2D eigenvalue weighted by atomic mass is 10.0. The summed E-state index contributed by atoms with van der Waals surface area (Å²) in [5.74, 6) is -0.513. The molecule has 2 aromatic carbocycles. The Morgan fingerprint density at radius 3 is 2.73 bits per heavy atom. The highest BCUT2D eigenvalue weighted by Gasteiger charge is 2.21. The van der Waals surface area contributed by atoms with Crippen LogP contribution in [0, 0.1) is 11.6 Å². The van der Waals surface area contributed by atoms with Gasteiger partial charge in [0, 0.05) is 29.1 Å².